The van der Waals surface area contributed by atoms with Gasteiger partial charge in [0.2, 0.25) is 0 Å². The molecule has 1 fully saturated rings. The van der Waals surface area contributed by atoms with Crippen molar-refractivity contribution in [2.24, 2.45) is 0 Å². The molecule has 3 heterocycles. The van der Waals surface area contributed by atoms with Gasteiger partial charge in [-0.05, 0) is 85.0 Å². The van der Waals surface area contributed by atoms with E-state index in [1.54, 1.807) is 25.1 Å². The first kappa shape index (κ1) is 21.8. The fourth-order valence-corrected chi connectivity index (χ4v) is 5.08. The predicted molar refractivity (Wildman–Crippen MR) is 135 cm³/mol. The van der Waals surface area contributed by atoms with E-state index in [9.17, 15) is 0 Å². The molecule has 0 amide bonds. The van der Waals surface area contributed by atoms with Gasteiger partial charge in [-0.3, -0.25) is 4.98 Å². The first-order valence-electron chi connectivity index (χ1n) is 10.3. The molecule has 2 atom stereocenters. The first-order chi connectivity index (χ1) is 16.1. The molecule has 166 valence electrons. The van der Waals surface area contributed by atoms with Crippen molar-refractivity contribution in [1.29, 1.82) is 0 Å². The van der Waals surface area contributed by atoms with E-state index >= 15 is 0 Å². The summed E-state index contributed by atoms with van der Waals surface area (Å²) in [4.78, 5) is 7.70. The number of ether oxygens (including phenoxy) is 1. The van der Waals surface area contributed by atoms with E-state index in [0.29, 0.717) is 10.1 Å². The summed E-state index contributed by atoms with van der Waals surface area (Å²) in [6.07, 6.45) is 1.79. The van der Waals surface area contributed by atoms with Gasteiger partial charge in [0.25, 0.3) is 0 Å². The number of halogens is 1. The summed E-state index contributed by atoms with van der Waals surface area (Å²) in [6, 6.07) is 25.0. The van der Waals surface area contributed by atoms with E-state index in [1.165, 1.54) is 0 Å². The van der Waals surface area contributed by atoms with Crippen LogP contribution in [-0.2, 0) is 0 Å². The van der Waals surface area contributed by atoms with Crippen LogP contribution in [-0.4, -0.2) is 17.2 Å². The van der Waals surface area contributed by atoms with Crippen molar-refractivity contribution < 1.29 is 9.15 Å². The third-order valence-corrected chi connectivity index (χ3v) is 6.87. The fourth-order valence-electron chi connectivity index (χ4n) is 3.83. The first-order valence-corrected chi connectivity index (χ1v) is 11.9. The second kappa shape index (κ2) is 9.47. The molecule has 1 aliphatic rings. The van der Waals surface area contributed by atoms with Gasteiger partial charge in [0, 0.05) is 21.8 Å². The number of hydrogen-bond donors (Lipinski definition) is 1. The Morgan fingerprint density at radius 3 is 2.52 bits per heavy atom. The lowest BCUT2D eigenvalue weighted by molar-refractivity contribution is 0.383. The highest BCUT2D eigenvalue weighted by molar-refractivity contribution is 7.99. The Balaban J connectivity index is 1.51. The number of benzene rings is 2. The lowest BCUT2D eigenvalue weighted by Crippen LogP contribution is -2.29. The minimum absolute atomic E-state index is 0.166. The summed E-state index contributed by atoms with van der Waals surface area (Å²) in [5.41, 5.74) is 1.84. The van der Waals surface area contributed by atoms with E-state index in [2.05, 4.69) is 15.2 Å². The minimum atomic E-state index is -0.208. The summed E-state index contributed by atoms with van der Waals surface area (Å²) in [7, 11) is 1.65. The summed E-state index contributed by atoms with van der Waals surface area (Å²) < 4.78 is 11.7. The van der Waals surface area contributed by atoms with Crippen molar-refractivity contribution in [3.63, 3.8) is 0 Å². The van der Waals surface area contributed by atoms with Crippen LogP contribution in [0.4, 0.5) is 5.69 Å². The van der Waals surface area contributed by atoms with Gasteiger partial charge in [-0.15, -0.1) is 0 Å². The molecule has 1 N–H and O–H groups in total. The smallest absolute Gasteiger partial charge is 0.174 e. The molecule has 0 saturated carbocycles. The van der Waals surface area contributed by atoms with Crippen molar-refractivity contribution in [2.75, 3.05) is 12.0 Å². The van der Waals surface area contributed by atoms with Gasteiger partial charge in [-0.1, -0.05) is 29.4 Å². The molecule has 8 heteroatoms. The molecule has 4 aromatic rings. The molecular weight excluding hydrogens is 474 g/mol. The summed E-state index contributed by atoms with van der Waals surface area (Å²) in [5, 5.41) is 5.56. The van der Waals surface area contributed by atoms with Crippen LogP contribution < -0.4 is 15.0 Å². The van der Waals surface area contributed by atoms with E-state index in [0.717, 1.165) is 32.9 Å². The number of thiocarbonyl (C=S) groups is 1. The van der Waals surface area contributed by atoms with Gasteiger partial charge >= 0.3 is 0 Å². The van der Waals surface area contributed by atoms with Gasteiger partial charge in [0.15, 0.2) is 10.2 Å². The zero-order valence-electron chi connectivity index (χ0n) is 17.6. The van der Waals surface area contributed by atoms with Gasteiger partial charge < -0.3 is 19.4 Å². The number of anilines is 1. The van der Waals surface area contributed by atoms with Crippen LogP contribution in [0.15, 0.2) is 99.5 Å². The summed E-state index contributed by atoms with van der Waals surface area (Å²) in [6.45, 7) is 0. The van der Waals surface area contributed by atoms with Crippen LogP contribution in [0.5, 0.6) is 5.75 Å². The zero-order valence-corrected chi connectivity index (χ0v) is 20.0. The van der Waals surface area contributed by atoms with E-state index in [4.69, 9.17) is 33.0 Å². The molecule has 33 heavy (non-hydrogen) atoms. The molecule has 1 aliphatic heterocycles. The van der Waals surface area contributed by atoms with Crippen LogP contribution in [0, 0.1) is 0 Å². The van der Waals surface area contributed by atoms with Crippen molar-refractivity contribution in [2.45, 2.75) is 22.1 Å². The third kappa shape index (κ3) is 4.57. The topological polar surface area (TPSA) is 50.5 Å². The van der Waals surface area contributed by atoms with Crippen molar-refractivity contribution in [3.05, 3.63) is 102 Å². The normalized spacial score (nSPS) is 17.8. The van der Waals surface area contributed by atoms with Crippen molar-refractivity contribution in [1.82, 2.24) is 10.3 Å². The zero-order chi connectivity index (χ0) is 22.8. The molecule has 2 aromatic carbocycles. The Morgan fingerprint density at radius 2 is 1.82 bits per heavy atom. The van der Waals surface area contributed by atoms with E-state index in [-0.39, 0.29) is 12.1 Å². The van der Waals surface area contributed by atoms with Crippen LogP contribution in [0.1, 0.15) is 23.5 Å². The number of nitrogens with one attached hydrogen (secondary N) is 1. The molecule has 2 aromatic heterocycles. The number of pyridine rings is 1. The Kier molecular flexibility index (Phi) is 6.26. The molecule has 5 rings (SSSR count). The molecule has 0 bridgehead atoms. The highest BCUT2D eigenvalue weighted by Gasteiger charge is 2.42. The van der Waals surface area contributed by atoms with Crippen LogP contribution >= 0.6 is 35.6 Å². The van der Waals surface area contributed by atoms with Crippen molar-refractivity contribution >= 4 is 46.4 Å². The second-order valence-corrected chi connectivity index (χ2v) is 9.31. The highest BCUT2D eigenvalue weighted by Crippen LogP contribution is 2.43. The Labute approximate surface area is 206 Å². The number of furan rings is 1. The Hall–Kier alpha value is -3.00. The average molecular weight is 494 g/mol. The SMILES string of the molecule is COc1ccc(N2C(=S)N[C@H](c3ccccn3)[C@H]2c2ccc(Sc3ccc(Cl)cc3)o2)cc1. The Bertz CT molecular complexity index is 1250. The molecule has 0 aliphatic carbocycles. The molecule has 1 saturated heterocycles. The number of rotatable bonds is 6. The standard InChI is InChI=1S/C25H20ClN3O2S2/c1-30-18-9-7-17(8-10-18)29-24(23(28-25(29)32)20-4-2-3-15-27-20)21-13-14-22(31-21)33-19-11-5-16(26)6-12-19/h2-15,23-24H,1H3,(H,28,32)/t23-,24-/m1/s1. The minimum Gasteiger partial charge on any atom is -0.497 e. The van der Waals surface area contributed by atoms with Crippen LogP contribution in [0.2, 0.25) is 5.02 Å². The maximum Gasteiger partial charge on any atom is 0.174 e. The summed E-state index contributed by atoms with van der Waals surface area (Å²) in [5.74, 6) is 1.58. The highest BCUT2D eigenvalue weighted by atomic mass is 35.5. The predicted octanol–water partition coefficient (Wildman–Crippen LogP) is 6.66. The van der Waals surface area contributed by atoms with Gasteiger partial charge in [0.05, 0.1) is 18.8 Å². The van der Waals surface area contributed by atoms with E-state index < -0.39 is 0 Å². The summed E-state index contributed by atoms with van der Waals surface area (Å²) >= 11 is 13.3. The molecular formula is C25H20ClN3O2S2. The average Bonchev–Trinajstić information content (AvgIpc) is 3.45. The lowest BCUT2D eigenvalue weighted by Gasteiger charge is -2.26. The van der Waals surface area contributed by atoms with Gasteiger partial charge in [0.1, 0.15) is 17.6 Å². The molecule has 0 radical (unpaired) electrons. The maximum absolute atomic E-state index is 6.33. The number of nitrogens with zero attached hydrogens (tertiary/aromatic N) is 2. The second-order valence-electron chi connectivity index (χ2n) is 7.41. The lowest BCUT2D eigenvalue weighted by atomic mass is 10.0. The quantitative estimate of drug-likeness (QED) is 0.301. The van der Waals surface area contributed by atoms with Gasteiger partial charge in [-0.2, -0.15) is 0 Å². The van der Waals surface area contributed by atoms with Gasteiger partial charge in [-0.25, -0.2) is 0 Å². The molecule has 0 unspecified atom stereocenters. The monoisotopic (exact) mass is 493 g/mol. The third-order valence-electron chi connectivity index (χ3n) is 5.37. The molecule has 0 spiro atoms. The van der Waals surface area contributed by atoms with Crippen LogP contribution in [0.3, 0.4) is 0 Å². The molecule has 5 nitrogen and oxygen atoms in total. The number of methoxy groups -OCH3 is 1. The van der Waals surface area contributed by atoms with Crippen LogP contribution in [0.25, 0.3) is 0 Å². The van der Waals surface area contributed by atoms with E-state index in [1.807, 2.05) is 78.9 Å². The number of hydrogen-bond acceptors (Lipinski definition) is 5. The fraction of sp³-hybridized carbons (Fsp3) is 0.120. The van der Waals surface area contributed by atoms with Crippen molar-refractivity contribution in [3.8, 4) is 5.75 Å². The Morgan fingerprint density at radius 1 is 1.03 bits per heavy atom. The number of aromatic nitrogens is 1. The largest absolute Gasteiger partial charge is 0.497 e. The maximum atomic E-state index is 6.33.